The first-order valence-corrected chi connectivity index (χ1v) is 5.45. The molecular weight excluding hydrogens is 206 g/mol. The summed E-state index contributed by atoms with van der Waals surface area (Å²) >= 11 is 0. The van der Waals surface area contributed by atoms with Gasteiger partial charge in [-0.15, -0.1) is 6.58 Å². The van der Waals surface area contributed by atoms with Gasteiger partial charge in [-0.3, -0.25) is 9.59 Å². The predicted molar refractivity (Wildman–Crippen MR) is 63.1 cm³/mol. The van der Waals surface area contributed by atoms with Crippen LogP contribution in [0.5, 0.6) is 0 Å². The van der Waals surface area contributed by atoms with Crippen LogP contribution in [0.3, 0.4) is 0 Å². The van der Waals surface area contributed by atoms with E-state index in [1.54, 1.807) is 11.9 Å². The van der Waals surface area contributed by atoms with Gasteiger partial charge in [0.1, 0.15) is 0 Å². The highest BCUT2D eigenvalue weighted by molar-refractivity contribution is 5.78. The van der Waals surface area contributed by atoms with Crippen LogP contribution in [-0.2, 0) is 9.59 Å². The van der Waals surface area contributed by atoms with Crippen LogP contribution in [0, 0.1) is 5.92 Å². The Morgan fingerprint density at radius 1 is 1.44 bits per heavy atom. The number of aliphatic carboxylic acids is 1. The van der Waals surface area contributed by atoms with Crippen molar-refractivity contribution in [2.24, 2.45) is 5.92 Å². The van der Waals surface area contributed by atoms with Crippen molar-refractivity contribution in [2.45, 2.75) is 33.1 Å². The van der Waals surface area contributed by atoms with Gasteiger partial charge >= 0.3 is 5.97 Å². The van der Waals surface area contributed by atoms with E-state index in [1.807, 2.05) is 13.8 Å². The number of nitrogens with zero attached hydrogens (tertiary/aromatic N) is 1. The molecule has 0 aromatic rings. The highest BCUT2D eigenvalue weighted by Gasteiger charge is 2.17. The Balaban J connectivity index is 3.97. The zero-order chi connectivity index (χ0) is 12.7. The van der Waals surface area contributed by atoms with Crippen molar-refractivity contribution >= 4 is 11.9 Å². The average molecular weight is 227 g/mol. The van der Waals surface area contributed by atoms with Gasteiger partial charge in [-0.05, 0) is 19.8 Å². The molecule has 16 heavy (non-hydrogen) atoms. The molecule has 0 spiro atoms. The molecule has 0 bridgehead atoms. The summed E-state index contributed by atoms with van der Waals surface area (Å²) in [5.41, 5.74) is 0.986. The molecule has 0 aliphatic rings. The van der Waals surface area contributed by atoms with Crippen LogP contribution < -0.4 is 0 Å². The lowest BCUT2D eigenvalue weighted by molar-refractivity contribution is -0.138. The summed E-state index contributed by atoms with van der Waals surface area (Å²) in [5, 5.41) is 8.48. The second-order valence-corrected chi connectivity index (χ2v) is 4.32. The van der Waals surface area contributed by atoms with Crippen LogP contribution in [0.2, 0.25) is 0 Å². The van der Waals surface area contributed by atoms with Crippen molar-refractivity contribution in [2.75, 3.05) is 13.6 Å². The van der Waals surface area contributed by atoms with Crippen LogP contribution in [0.1, 0.15) is 33.1 Å². The van der Waals surface area contributed by atoms with E-state index in [0.717, 1.165) is 5.57 Å². The van der Waals surface area contributed by atoms with Crippen molar-refractivity contribution in [3.63, 3.8) is 0 Å². The van der Waals surface area contributed by atoms with Gasteiger partial charge in [-0.1, -0.05) is 12.5 Å². The molecule has 1 amide bonds. The summed E-state index contributed by atoms with van der Waals surface area (Å²) in [7, 11) is 1.71. The van der Waals surface area contributed by atoms with Crippen LogP contribution >= 0.6 is 0 Å². The molecule has 0 radical (unpaired) electrons. The average Bonchev–Trinajstić information content (AvgIpc) is 2.14. The number of carbonyl (C=O) groups excluding carboxylic acids is 1. The Labute approximate surface area is 96.9 Å². The Bertz CT molecular complexity index is 273. The van der Waals surface area contributed by atoms with E-state index in [-0.39, 0.29) is 18.2 Å². The number of hydrogen-bond acceptors (Lipinski definition) is 2. The van der Waals surface area contributed by atoms with E-state index in [2.05, 4.69) is 6.58 Å². The van der Waals surface area contributed by atoms with E-state index >= 15 is 0 Å². The van der Waals surface area contributed by atoms with E-state index in [1.165, 1.54) is 0 Å². The van der Waals surface area contributed by atoms with Gasteiger partial charge in [0.25, 0.3) is 0 Å². The minimum Gasteiger partial charge on any atom is -0.481 e. The number of carbonyl (C=O) groups is 2. The van der Waals surface area contributed by atoms with E-state index in [9.17, 15) is 9.59 Å². The molecule has 4 nitrogen and oxygen atoms in total. The lowest BCUT2D eigenvalue weighted by Crippen LogP contribution is -2.32. The first-order valence-electron chi connectivity index (χ1n) is 5.45. The molecule has 0 aliphatic heterocycles. The minimum atomic E-state index is -0.823. The van der Waals surface area contributed by atoms with Gasteiger partial charge in [0.2, 0.25) is 5.91 Å². The summed E-state index contributed by atoms with van der Waals surface area (Å²) in [6.45, 7) is 8.03. The maximum Gasteiger partial charge on any atom is 0.303 e. The fourth-order valence-corrected chi connectivity index (χ4v) is 1.56. The molecule has 1 atom stereocenters. The Morgan fingerprint density at radius 2 is 2.00 bits per heavy atom. The maximum atomic E-state index is 11.8. The molecule has 0 aromatic carbocycles. The Hall–Kier alpha value is -1.32. The molecule has 0 heterocycles. The lowest BCUT2D eigenvalue weighted by Gasteiger charge is -2.21. The van der Waals surface area contributed by atoms with Crippen molar-refractivity contribution in [1.29, 1.82) is 0 Å². The Morgan fingerprint density at radius 3 is 2.44 bits per heavy atom. The van der Waals surface area contributed by atoms with Gasteiger partial charge in [-0.2, -0.15) is 0 Å². The molecule has 0 rings (SSSR count). The second-order valence-electron chi connectivity index (χ2n) is 4.32. The summed E-state index contributed by atoms with van der Waals surface area (Å²) in [6, 6.07) is 0. The van der Waals surface area contributed by atoms with Crippen LogP contribution in [0.4, 0.5) is 0 Å². The first kappa shape index (κ1) is 14.7. The second kappa shape index (κ2) is 7.04. The van der Waals surface area contributed by atoms with Gasteiger partial charge < -0.3 is 10.0 Å². The third-order valence-corrected chi connectivity index (χ3v) is 2.34. The van der Waals surface area contributed by atoms with Crippen LogP contribution in [-0.4, -0.2) is 35.5 Å². The largest absolute Gasteiger partial charge is 0.481 e. The summed E-state index contributed by atoms with van der Waals surface area (Å²) in [6.07, 6.45) is 1.28. The van der Waals surface area contributed by atoms with Crippen LogP contribution in [0.25, 0.3) is 0 Å². The third-order valence-electron chi connectivity index (χ3n) is 2.34. The molecular formula is C12H21NO3. The monoisotopic (exact) mass is 227 g/mol. The first-order chi connectivity index (χ1) is 7.34. The fraction of sp³-hybridized carbons (Fsp3) is 0.667. The predicted octanol–water partition coefficient (Wildman–Crippen LogP) is 1.91. The maximum absolute atomic E-state index is 11.8. The Kier molecular flexibility index (Phi) is 6.46. The van der Waals surface area contributed by atoms with Crippen molar-refractivity contribution < 1.29 is 14.7 Å². The number of carboxylic acids is 1. The molecule has 0 fully saturated rings. The quantitative estimate of drug-likeness (QED) is 0.676. The molecule has 1 unspecified atom stereocenters. The number of hydrogen-bond donors (Lipinski definition) is 1. The topological polar surface area (TPSA) is 57.6 Å². The van der Waals surface area contributed by atoms with Crippen molar-refractivity contribution in [1.82, 2.24) is 4.90 Å². The van der Waals surface area contributed by atoms with Crippen LogP contribution in [0.15, 0.2) is 12.2 Å². The summed E-state index contributed by atoms with van der Waals surface area (Å²) in [4.78, 5) is 23.7. The normalized spacial score (nSPS) is 11.9. The van der Waals surface area contributed by atoms with Crippen molar-refractivity contribution in [3.8, 4) is 0 Å². The minimum absolute atomic E-state index is 0.0494. The number of rotatable bonds is 7. The standard InChI is InChI=1S/C12H21NO3/c1-9(2)8-10(3)12(16)13(4)7-5-6-11(14)15/h10H,1,5-8H2,2-4H3,(H,14,15). The summed E-state index contributed by atoms with van der Waals surface area (Å²) in [5.74, 6) is -0.850. The highest BCUT2D eigenvalue weighted by atomic mass is 16.4. The molecule has 0 aliphatic carbocycles. The molecule has 4 heteroatoms. The van der Waals surface area contributed by atoms with Gasteiger partial charge in [0.05, 0.1) is 0 Å². The number of amides is 1. The third kappa shape index (κ3) is 6.22. The van der Waals surface area contributed by atoms with Gasteiger partial charge in [0, 0.05) is 25.9 Å². The van der Waals surface area contributed by atoms with Gasteiger partial charge in [0.15, 0.2) is 0 Å². The molecule has 0 saturated carbocycles. The zero-order valence-corrected chi connectivity index (χ0v) is 10.3. The van der Waals surface area contributed by atoms with Crippen molar-refractivity contribution in [3.05, 3.63) is 12.2 Å². The number of carboxylic acid groups (broad SMARTS) is 1. The number of allylic oxidation sites excluding steroid dienone is 1. The SMILES string of the molecule is C=C(C)CC(C)C(=O)N(C)CCCC(=O)O. The lowest BCUT2D eigenvalue weighted by atomic mass is 10.0. The van der Waals surface area contributed by atoms with E-state index < -0.39 is 5.97 Å². The molecule has 1 N–H and O–H groups in total. The highest BCUT2D eigenvalue weighted by Crippen LogP contribution is 2.12. The smallest absolute Gasteiger partial charge is 0.303 e. The zero-order valence-electron chi connectivity index (χ0n) is 10.3. The molecule has 0 aromatic heterocycles. The van der Waals surface area contributed by atoms with Gasteiger partial charge in [-0.25, -0.2) is 0 Å². The van der Waals surface area contributed by atoms with E-state index in [4.69, 9.17) is 5.11 Å². The molecule has 0 saturated heterocycles. The van der Waals surface area contributed by atoms with E-state index in [0.29, 0.717) is 19.4 Å². The fourth-order valence-electron chi connectivity index (χ4n) is 1.56. The summed E-state index contributed by atoms with van der Waals surface area (Å²) < 4.78 is 0. The molecule has 92 valence electrons.